The Kier molecular flexibility index (Phi) is 4.60. The zero-order valence-electron chi connectivity index (χ0n) is 13.6. The van der Waals surface area contributed by atoms with Gasteiger partial charge in [-0.3, -0.25) is 4.79 Å². The summed E-state index contributed by atoms with van der Waals surface area (Å²) in [5, 5.41) is 6.12. The highest BCUT2D eigenvalue weighted by Crippen LogP contribution is 2.15. The van der Waals surface area contributed by atoms with Gasteiger partial charge >= 0.3 is 5.97 Å². The maximum Gasteiger partial charge on any atom is 0.331 e. The minimum atomic E-state index is -1.00. The van der Waals surface area contributed by atoms with Gasteiger partial charge in [0.15, 0.2) is 17.5 Å². The Morgan fingerprint density at radius 3 is 2.84 bits per heavy atom. The minimum Gasteiger partial charge on any atom is -0.449 e. The van der Waals surface area contributed by atoms with Crippen molar-refractivity contribution in [2.45, 2.75) is 20.0 Å². The molecule has 2 aromatic heterocycles. The molecule has 128 valence electrons. The first kappa shape index (κ1) is 16.4. The molecule has 1 atom stereocenters. The van der Waals surface area contributed by atoms with Gasteiger partial charge in [-0.2, -0.15) is 0 Å². The lowest BCUT2D eigenvalue weighted by Gasteiger charge is -2.10. The van der Waals surface area contributed by atoms with Crippen LogP contribution in [0.2, 0.25) is 0 Å². The second kappa shape index (κ2) is 7.00. The number of nitrogens with one attached hydrogen (secondary N) is 1. The summed E-state index contributed by atoms with van der Waals surface area (Å²) in [6.45, 7) is 3.15. The second-order valence-corrected chi connectivity index (χ2v) is 5.24. The first-order valence-electron chi connectivity index (χ1n) is 7.50. The molecule has 0 bridgehead atoms. The molecular weight excluding hydrogens is 326 g/mol. The smallest absolute Gasteiger partial charge is 0.331 e. The summed E-state index contributed by atoms with van der Waals surface area (Å²) in [6, 6.07) is 8.79. The Labute approximate surface area is 142 Å². The van der Waals surface area contributed by atoms with Crippen molar-refractivity contribution in [1.82, 2.24) is 10.1 Å². The molecule has 0 saturated heterocycles. The molecule has 8 heteroatoms. The van der Waals surface area contributed by atoms with Crippen molar-refractivity contribution in [3.8, 4) is 0 Å². The highest BCUT2D eigenvalue weighted by molar-refractivity contribution is 5.96. The van der Waals surface area contributed by atoms with E-state index in [1.54, 1.807) is 25.1 Å². The normalized spacial score (nSPS) is 12.4. The number of hydrogen-bond donors (Lipinski definition) is 1. The first-order chi connectivity index (χ1) is 12.0. The highest BCUT2D eigenvalue weighted by atomic mass is 16.5. The molecule has 0 radical (unpaired) electrons. The van der Waals surface area contributed by atoms with Gasteiger partial charge in [-0.05, 0) is 26.0 Å². The average Bonchev–Trinajstić information content (AvgIpc) is 3.18. The van der Waals surface area contributed by atoms with Gasteiger partial charge in [0.25, 0.3) is 5.91 Å². The van der Waals surface area contributed by atoms with Crippen LogP contribution in [0.1, 0.15) is 18.6 Å². The van der Waals surface area contributed by atoms with E-state index in [9.17, 15) is 9.59 Å². The van der Waals surface area contributed by atoms with Gasteiger partial charge in [-0.25, -0.2) is 9.78 Å². The average molecular weight is 341 g/mol. The summed E-state index contributed by atoms with van der Waals surface area (Å²) in [5.41, 5.74) is 1.30. The number of hydrogen-bond acceptors (Lipinski definition) is 7. The van der Waals surface area contributed by atoms with E-state index < -0.39 is 18.0 Å². The van der Waals surface area contributed by atoms with Crippen LogP contribution < -0.4 is 5.32 Å². The number of aryl methyl sites for hydroxylation is 1. The Bertz CT molecular complexity index is 908. The third-order valence-electron chi connectivity index (χ3n) is 3.21. The van der Waals surface area contributed by atoms with E-state index in [0.29, 0.717) is 16.9 Å². The van der Waals surface area contributed by atoms with Crippen molar-refractivity contribution in [1.29, 1.82) is 0 Å². The number of esters is 1. The van der Waals surface area contributed by atoms with Gasteiger partial charge < -0.3 is 19.0 Å². The molecule has 1 aromatic carbocycles. The summed E-state index contributed by atoms with van der Waals surface area (Å²) in [4.78, 5) is 27.9. The number of carbonyl (C=O) groups is 2. The van der Waals surface area contributed by atoms with Crippen molar-refractivity contribution >= 4 is 34.9 Å². The maximum atomic E-state index is 11.9. The van der Waals surface area contributed by atoms with Crippen LogP contribution in [0.25, 0.3) is 17.2 Å². The SMILES string of the molecule is Cc1cc(NC(=O)C(C)OC(=O)/C=C/c2nc3ccccc3o2)no1. The van der Waals surface area contributed by atoms with Gasteiger partial charge in [0.1, 0.15) is 11.3 Å². The molecule has 1 amide bonds. The lowest BCUT2D eigenvalue weighted by Crippen LogP contribution is -2.29. The van der Waals surface area contributed by atoms with Crippen molar-refractivity contribution < 1.29 is 23.3 Å². The first-order valence-corrected chi connectivity index (χ1v) is 7.50. The minimum absolute atomic E-state index is 0.257. The summed E-state index contributed by atoms with van der Waals surface area (Å²) in [6.07, 6.45) is 1.53. The number of nitrogens with zero attached hydrogens (tertiary/aromatic N) is 2. The fourth-order valence-corrected chi connectivity index (χ4v) is 2.02. The molecule has 1 N–H and O–H groups in total. The number of carbonyl (C=O) groups excluding carboxylic acids is 2. The summed E-state index contributed by atoms with van der Waals surface area (Å²) >= 11 is 0. The summed E-state index contributed by atoms with van der Waals surface area (Å²) in [5.74, 6) is -0.125. The molecule has 0 fully saturated rings. The van der Waals surface area contributed by atoms with Gasteiger partial charge in [0.2, 0.25) is 5.89 Å². The van der Waals surface area contributed by atoms with Gasteiger partial charge in [0, 0.05) is 18.2 Å². The Balaban J connectivity index is 1.56. The monoisotopic (exact) mass is 341 g/mol. The topological polar surface area (TPSA) is 107 Å². The number of aromatic nitrogens is 2. The summed E-state index contributed by atoms with van der Waals surface area (Å²) < 4.78 is 15.3. The lowest BCUT2D eigenvalue weighted by atomic mass is 10.3. The molecule has 3 aromatic rings. The molecule has 25 heavy (non-hydrogen) atoms. The van der Waals surface area contributed by atoms with Crippen molar-refractivity contribution in [2.75, 3.05) is 5.32 Å². The molecule has 0 aliphatic rings. The molecule has 0 saturated carbocycles. The number of amides is 1. The number of fused-ring (bicyclic) bond motifs is 1. The molecule has 0 aliphatic heterocycles. The standard InChI is InChI=1S/C17H15N3O5/c1-10-9-14(20-25-10)19-17(22)11(2)23-16(21)8-7-15-18-12-5-3-4-6-13(12)24-15/h3-9,11H,1-2H3,(H,19,20,22)/b8-7+. The molecule has 8 nitrogen and oxygen atoms in total. The van der Waals surface area contributed by atoms with Crippen LogP contribution in [-0.2, 0) is 14.3 Å². The predicted molar refractivity (Wildman–Crippen MR) is 88.5 cm³/mol. The molecule has 1 unspecified atom stereocenters. The van der Waals surface area contributed by atoms with Gasteiger partial charge in [-0.1, -0.05) is 17.3 Å². The predicted octanol–water partition coefficient (Wildman–Crippen LogP) is 2.71. The van der Waals surface area contributed by atoms with Crippen molar-refractivity contribution in [2.24, 2.45) is 0 Å². The Hall–Kier alpha value is -3.42. The van der Waals surface area contributed by atoms with Gasteiger partial charge in [0.05, 0.1) is 0 Å². The molecule has 0 spiro atoms. The molecular formula is C17H15N3O5. The van der Waals surface area contributed by atoms with E-state index in [4.69, 9.17) is 13.7 Å². The van der Waals surface area contributed by atoms with E-state index in [-0.39, 0.29) is 11.7 Å². The van der Waals surface area contributed by atoms with Crippen LogP contribution in [0.15, 0.2) is 45.3 Å². The highest BCUT2D eigenvalue weighted by Gasteiger charge is 2.18. The second-order valence-electron chi connectivity index (χ2n) is 5.24. The van der Waals surface area contributed by atoms with Crippen LogP contribution in [-0.4, -0.2) is 28.1 Å². The van der Waals surface area contributed by atoms with Crippen molar-refractivity contribution in [3.63, 3.8) is 0 Å². The summed E-state index contributed by atoms with van der Waals surface area (Å²) in [7, 11) is 0. The maximum absolute atomic E-state index is 11.9. The fourth-order valence-electron chi connectivity index (χ4n) is 2.02. The van der Waals surface area contributed by atoms with Crippen LogP contribution in [0.3, 0.4) is 0 Å². The van der Waals surface area contributed by atoms with E-state index in [1.807, 2.05) is 12.1 Å². The van der Waals surface area contributed by atoms with E-state index in [0.717, 1.165) is 6.08 Å². The zero-order valence-corrected chi connectivity index (χ0v) is 13.6. The van der Waals surface area contributed by atoms with E-state index >= 15 is 0 Å². The quantitative estimate of drug-likeness (QED) is 0.561. The Morgan fingerprint density at radius 2 is 2.12 bits per heavy atom. The van der Waals surface area contributed by atoms with Crippen LogP contribution in [0.5, 0.6) is 0 Å². The van der Waals surface area contributed by atoms with E-state index in [2.05, 4.69) is 15.5 Å². The van der Waals surface area contributed by atoms with E-state index in [1.165, 1.54) is 13.0 Å². The third-order valence-corrected chi connectivity index (χ3v) is 3.21. The molecule has 0 aliphatic carbocycles. The number of anilines is 1. The Morgan fingerprint density at radius 1 is 1.32 bits per heavy atom. The van der Waals surface area contributed by atoms with Crippen LogP contribution in [0, 0.1) is 6.92 Å². The lowest BCUT2D eigenvalue weighted by molar-refractivity contribution is -0.148. The largest absolute Gasteiger partial charge is 0.449 e. The number of oxazole rings is 1. The van der Waals surface area contributed by atoms with Crippen LogP contribution >= 0.6 is 0 Å². The van der Waals surface area contributed by atoms with Crippen LogP contribution in [0.4, 0.5) is 5.82 Å². The molecule has 3 rings (SSSR count). The molecule has 2 heterocycles. The number of ether oxygens (including phenoxy) is 1. The number of para-hydroxylation sites is 2. The number of rotatable bonds is 5. The number of benzene rings is 1. The zero-order chi connectivity index (χ0) is 17.8. The van der Waals surface area contributed by atoms with Gasteiger partial charge in [-0.15, -0.1) is 0 Å². The fraction of sp³-hybridized carbons (Fsp3) is 0.176. The third kappa shape index (κ3) is 4.11. The van der Waals surface area contributed by atoms with Crippen molar-refractivity contribution in [3.05, 3.63) is 48.1 Å².